The Morgan fingerprint density at radius 2 is 1.88 bits per heavy atom. The van der Waals surface area contributed by atoms with Gasteiger partial charge in [-0.2, -0.15) is 13.2 Å². The van der Waals surface area contributed by atoms with Crippen LogP contribution in [0.5, 0.6) is 0 Å². The second kappa shape index (κ2) is 11.1. The maximum Gasteiger partial charge on any atom is 0.406 e. The third kappa shape index (κ3) is 9.46. The van der Waals surface area contributed by atoms with Gasteiger partial charge in [-0.1, -0.05) is 18.2 Å². The first-order valence-electron chi connectivity index (χ1n) is 7.29. The van der Waals surface area contributed by atoms with Gasteiger partial charge in [0.15, 0.2) is 5.96 Å². The van der Waals surface area contributed by atoms with Crippen LogP contribution in [0.4, 0.5) is 17.6 Å². The smallest absolute Gasteiger partial charge is 0.357 e. The number of aliphatic imine (C=N–C) groups is 1. The first-order chi connectivity index (χ1) is 11.2. The van der Waals surface area contributed by atoms with E-state index in [0.717, 1.165) is 7.05 Å². The van der Waals surface area contributed by atoms with Crippen LogP contribution in [-0.2, 0) is 11.3 Å². The number of hydrogen-bond acceptors (Lipinski definition) is 2. The van der Waals surface area contributed by atoms with Crippen LogP contribution in [0.2, 0.25) is 0 Å². The molecule has 0 atom stereocenters. The molecule has 0 saturated heterocycles. The number of amides is 1. The number of rotatable bonds is 6. The van der Waals surface area contributed by atoms with Gasteiger partial charge in [0.05, 0.1) is 13.1 Å². The molecule has 1 rings (SSSR count). The summed E-state index contributed by atoms with van der Waals surface area (Å²) in [7, 11) is 1.07. The van der Waals surface area contributed by atoms with E-state index in [2.05, 4.69) is 15.6 Å². The van der Waals surface area contributed by atoms with Crippen LogP contribution >= 0.6 is 24.0 Å². The number of guanidine groups is 1. The van der Waals surface area contributed by atoms with Crippen molar-refractivity contribution in [3.05, 3.63) is 35.6 Å². The molecule has 0 unspecified atom stereocenters. The minimum atomic E-state index is -4.45. The van der Waals surface area contributed by atoms with Crippen LogP contribution in [-0.4, -0.2) is 49.6 Å². The van der Waals surface area contributed by atoms with E-state index in [0.29, 0.717) is 17.0 Å². The Bertz CT molecular complexity index is 581. The Hall–Kier alpha value is -1.59. The second-order valence-corrected chi connectivity index (χ2v) is 5.01. The first-order valence-corrected chi connectivity index (χ1v) is 7.29. The van der Waals surface area contributed by atoms with Crippen molar-refractivity contribution < 1.29 is 22.4 Å². The zero-order valence-electron chi connectivity index (χ0n) is 13.9. The molecule has 1 aromatic carbocycles. The Morgan fingerprint density at radius 3 is 2.44 bits per heavy atom. The molecule has 142 valence electrons. The van der Waals surface area contributed by atoms with Gasteiger partial charge in [-0.25, -0.2) is 9.38 Å². The van der Waals surface area contributed by atoms with Crippen LogP contribution in [0.15, 0.2) is 29.3 Å². The lowest BCUT2D eigenvalue weighted by Gasteiger charge is -2.20. The fourth-order valence-electron chi connectivity index (χ4n) is 1.78. The van der Waals surface area contributed by atoms with Crippen molar-refractivity contribution in [1.82, 2.24) is 15.5 Å². The van der Waals surface area contributed by atoms with Crippen LogP contribution < -0.4 is 10.6 Å². The Kier molecular flexibility index (Phi) is 10.4. The molecule has 1 aromatic rings. The van der Waals surface area contributed by atoms with E-state index in [1.165, 1.54) is 6.07 Å². The average molecular weight is 476 g/mol. The van der Waals surface area contributed by atoms with Gasteiger partial charge in [-0.15, -0.1) is 24.0 Å². The summed E-state index contributed by atoms with van der Waals surface area (Å²) in [5, 5.41) is 5.47. The van der Waals surface area contributed by atoms with Gasteiger partial charge < -0.3 is 15.5 Å². The molecule has 5 nitrogen and oxygen atoms in total. The van der Waals surface area contributed by atoms with E-state index in [4.69, 9.17) is 0 Å². The molecule has 0 radical (unpaired) electrons. The summed E-state index contributed by atoms with van der Waals surface area (Å²) in [5.74, 6) is -0.920. The van der Waals surface area contributed by atoms with Gasteiger partial charge in [0.1, 0.15) is 12.4 Å². The summed E-state index contributed by atoms with van der Waals surface area (Å²) in [6.45, 7) is 0.633. The summed E-state index contributed by atoms with van der Waals surface area (Å²) >= 11 is 0. The van der Waals surface area contributed by atoms with Crippen molar-refractivity contribution in [1.29, 1.82) is 0 Å². The van der Waals surface area contributed by atoms with E-state index in [1.54, 1.807) is 25.1 Å². The molecule has 0 aromatic heterocycles. The summed E-state index contributed by atoms with van der Waals surface area (Å²) in [4.78, 5) is 16.4. The van der Waals surface area contributed by atoms with E-state index >= 15 is 0 Å². The molecule has 1 amide bonds. The zero-order valence-corrected chi connectivity index (χ0v) is 16.2. The normalized spacial score (nSPS) is 11.5. The van der Waals surface area contributed by atoms with Gasteiger partial charge in [0, 0.05) is 19.2 Å². The SMILES string of the molecule is CCNC(=NCc1ccccc1F)NCC(=O)N(C)CC(F)(F)F.I. The number of alkyl halides is 3. The minimum absolute atomic E-state index is 0. The summed E-state index contributed by atoms with van der Waals surface area (Å²) in [6.07, 6.45) is -4.45. The molecule has 2 N–H and O–H groups in total. The van der Waals surface area contributed by atoms with Gasteiger partial charge >= 0.3 is 6.18 Å². The van der Waals surface area contributed by atoms with Crippen molar-refractivity contribution in [3.8, 4) is 0 Å². The molecule has 0 aliphatic rings. The van der Waals surface area contributed by atoms with Gasteiger partial charge in [-0.3, -0.25) is 4.79 Å². The summed E-state index contributed by atoms with van der Waals surface area (Å²) in [6, 6.07) is 6.11. The fourth-order valence-corrected chi connectivity index (χ4v) is 1.78. The first kappa shape index (κ1) is 23.4. The van der Waals surface area contributed by atoms with Crippen molar-refractivity contribution in [3.63, 3.8) is 0 Å². The third-order valence-electron chi connectivity index (χ3n) is 2.96. The van der Waals surface area contributed by atoms with Crippen molar-refractivity contribution in [2.45, 2.75) is 19.6 Å². The van der Waals surface area contributed by atoms with Crippen LogP contribution in [0.1, 0.15) is 12.5 Å². The topological polar surface area (TPSA) is 56.7 Å². The fraction of sp³-hybridized carbons (Fsp3) is 0.467. The van der Waals surface area contributed by atoms with E-state index in [9.17, 15) is 22.4 Å². The monoisotopic (exact) mass is 476 g/mol. The molecule has 0 heterocycles. The Labute approximate surface area is 160 Å². The van der Waals surface area contributed by atoms with Gasteiger partial charge in [0.25, 0.3) is 0 Å². The van der Waals surface area contributed by atoms with Gasteiger partial charge in [0.2, 0.25) is 5.91 Å². The standard InChI is InChI=1S/C15H20F4N4O.HI/c1-3-20-14(21-8-11-6-4-5-7-12(11)16)22-9-13(24)23(2)10-15(17,18)19;/h4-7H,3,8-10H2,1-2H3,(H2,20,21,22);1H. The molecule has 0 bridgehead atoms. The van der Waals surface area contributed by atoms with Crippen molar-refractivity contribution in [2.24, 2.45) is 4.99 Å². The van der Waals surface area contributed by atoms with Crippen molar-refractivity contribution >= 4 is 35.8 Å². The summed E-state index contributed by atoms with van der Waals surface area (Å²) < 4.78 is 50.3. The lowest BCUT2D eigenvalue weighted by Crippen LogP contribution is -2.45. The van der Waals surface area contributed by atoms with E-state index < -0.39 is 24.4 Å². The average Bonchev–Trinajstić information content (AvgIpc) is 2.49. The van der Waals surface area contributed by atoms with Crippen LogP contribution in [0.25, 0.3) is 0 Å². The maximum absolute atomic E-state index is 13.5. The molecule has 10 heteroatoms. The van der Waals surface area contributed by atoms with Crippen LogP contribution in [0.3, 0.4) is 0 Å². The number of carbonyl (C=O) groups excluding carboxylic acids is 1. The highest BCUT2D eigenvalue weighted by molar-refractivity contribution is 14.0. The predicted octanol–water partition coefficient (Wildman–Crippen LogP) is 2.52. The van der Waals surface area contributed by atoms with E-state index in [1.807, 2.05) is 0 Å². The Balaban J connectivity index is 0.00000576. The maximum atomic E-state index is 13.5. The number of halogens is 5. The lowest BCUT2D eigenvalue weighted by molar-refractivity contribution is -0.157. The highest BCUT2D eigenvalue weighted by Gasteiger charge is 2.31. The predicted molar refractivity (Wildman–Crippen MR) is 98.3 cm³/mol. The number of hydrogen-bond donors (Lipinski definition) is 2. The molecule has 0 fully saturated rings. The molecular formula is C15H21F4IN4O. The Morgan fingerprint density at radius 1 is 1.24 bits per heavy atom. The molecule has 0 saturated carbocycles. The van der Waals surface area contributed by atoms with Crippen molar-refractivity contribution in [2.75, 3.05) is 26.7 Å². The third-order valence-corrected chi connectivity index (χ3v) is 2.96. The highest BCUT2D eigenvalue weighted by atomic mass is 127. The largest absolute Gasteiger partial charge is 0.406 e. The number of nitrogens with one attached hydrogen (secondary N) is 2. The van der Waals surface area contributed by atoms with Crippen LogP contribution in [0, 0.1) is 5.82 Å². The molecule has 25 heavy (non-hydrogen) atoms. The lowest BCUT2D eigenvalue weighted by atomic mass is 10.2. The highest BCUT2D eigenvalue weighted by Crippen LogP contribution is 2.15. The zero-order chi connectivity index (χ0) is 18.2. The molecule has 0 spiro atoms. The molecule has 0 aliphatic heterocycles. The van der Waals surface area contributed by atoms with E-state index in [-0.39, 0.29) is 43.0 Å². The minimum Gasteiger partial charge on any atom is -0.357 e. The van der Waals surface area contributed by atoms with Gasteiger partial charge in [-0.05, 0) is 13.0 Å². The number of carbonyl (C=O) groups is 1. The number of likely N-dealkylation sites (N-methyl/N-ethyl adjacent to an activating group) is 1. The quantitative estimate of drug-likeness (QED) is 0.287. The molecular weight excluding hydrogens is 455 g/mol. The second-order valence-electron chi connectivity index (χ2n) is 5.01. The molecule has 0 aliphatic carbocycles. The summed E-state index contributed by atoms with van der Waals surface area (Å²) in [5.41, 5.74) is 0.371. The number of benzene rings is 1. The number of nitrogens with zero attached hydrogens (tertiary/aromatic N) is 2.